The average molecular weight is 299 g/mol. The van der Waals surface area contributed by atoms with Gasteiger partial charge in [0, 0.05) is 18.9 Å². The van der Waals surface area contributed by atoms with Crippen molar-refractivity contribution in [3.05, 3.63) is 53.9 Å². The van der Waals surface area contributed by atoms with E-state index in [-0.39, 0.29) is 0 Å². The van der Waals surface area contributed by atoms with Crippen LogP contribution in [-0.4, -0.2) is 26.8 Å². The lowest BCUT2D eigenvalue weighted by Crippen LogP contribution is -2.36. The second-order valence-corrected chi connectivity index (χ2v) is 5.54. The van der Waals surface area contributed by atoms with Gasteiger partial charge in [-0.1, -0.05) is 24.3 Å². The maximum atomic E-state index is 12.1. The van der Waals surface area contributed by atoms with Gasteiger partial charge >= 0.3 is 5.97 Å². The molecule has 6 heteroatoms. The van der Waals surface area contributed by atoms with Crippen LogP contribution in [0.3, 0.4) is 0 Å². The fraction of sp³-hybridized carbons (Fsp3) is 0.312. The van der Waals surface area contributed by atoms with Gasteiger partial charge in [-0.25, -0.2) is 0 Å². The van der Waals surface area contributed by atoms with E-state index in [1.807, 2.05) is 36.5 Å². The second-order valence-electron chi connectivity index (χ2n) is 5.54. The summed E-state index contributed by atoms with van der Waals surface area (Å²) in [7, 11) is 0. The number of amides is 1. The van der Waals surface area contributed by atoms with Crippen molar-refractivity contribution in [2.75, 3.05) is 0 Å². The summed E-state index contributed by atoms with van der Waals surface area (Å²) in [6.45, 7) is 0.939. The van der Waals surface area contributed by atoms with Gasteiger partial charge in [-0.2, -0.15) is 5.10 Å². The maximum absolute atomic E-state index is 12.1. The number of nitrogens with one attached hydrogen (secondary N) is 1. The van der Waals surface area contributed by atoms with Gasteiger partial charge < -0.3 is 10.4 Å². The first-order chi connectivity index (χ1) is 10.6. The van der Waals surface area contributed by atoms with Crippen LogP contribution in [0.1, 0.15) is 24.0 Å². The van der Waals surface area contributed by atoms with Crippen molar-refractivity contribution in [1.82, 2.24) is 15.1 Å². The molecule has 6 nitrogen and oxygen atoms in total. The molecule has 2 N–H and O–H groups in total. The molecule has 1 heterocycles. The monoisotopic (exact) mass is 299 g/mol. The van der Waals surface area contributed by atoms with Crippen molar-refractivity contribution < 1.29 is 14.7 Å². The van der Waals surface area contributed by atoms with Crippen molar-refractivity contribution in [3.8, 4) is 0 Å². The predicted molar refractivity (Wildman–Crippen MR) is 78.9 cm³/mol. The molecule has 0 bridgehead atoms. The number of rotatable bonds is 6. The first kappa shape index (κ1) is 14.3. The molecule has 0 atom stereocenters. The van der Waals surface area contributed by atoms with Crippen LogP contribution in [0, 0.1) is 5.41 Å². The molecule has 1 fully saturated rings. The van der Waals surface area contributed by atoms with E-state index in [1.54, 1.807) is 10.9 Å². The smallest absolute Gasteiger partial charge is 0.319 e. The zero-order valence-electron chi connectivity index (χ0n) is 12.0. The van der Waals surface area contributed by atoms with E-state index in [4.69, 9.17) is 5.11 Å². The molecule has 1 aliphatic rings. The number of nitrogens with zero attached hydrogens (tertiary/aromatic N) is 2. The summed E-state index contributed by atoms with van der Waals surface area (Å²) in [5.74, 6) is -1.43. The van der Waals surface area contributed by atoms with E-state index in [0.717, 1.165) is 11.1 Å². The quantitative estimate of drug-likeness (QED) is 0.790. The third-order valence-electron chi connectivity index (χ3n) is 4.04. The van der Waals surface area contributed by atoms with Gasteiger partial charge in [0.1, 0.15) is 5.41 Å². The van der Waals surface area contributed by atoms with Crippen molar-refractivity contribution in [1.29, 1.82) is 0 Å². The number of carboxylic acids is 1. The lowest BCUT2D eigenvalue weighted by atomic mass is 10.1. The number of hydrogen-bond acceptors (Lipinski definition) is 3. The van der Waals surface area contributed by atoms with Gasteiger partial charge in [0.05, 0.1) is 6.54 Å². The Labute approximate surface area is 127 Å². The minimum atomic E-state index is -1.20. The van der Waals surface area contributed by atoms with Gasteiger partial charge in [-0.3, -0.25) is 14.3 Å². The minimum absolute atomic E-state index is 0.325. The minimum Gasteiger partial charge on any atom is -0.480 e. The molecule has 0 unspecified atom stereocenters. The van der Waals surface area contributed by atoms with Crippen LogP contribution in [0.2, 0.25) is 0 Å². The van der Waals surface area contributed by atoms with E-state index in [0.29, 0.717) is 25.9 Å². The number of carbonyl (C=O) groups excluding carboxylic acids is 1. The van der Waals surface area contributed by atoms with Crippen LogP contribution < -0.4 is 5.32 Å². The van der Waals surface area contributed by atoms with E-state index >= 15 is 0 Å². The number of aromatic nitrogens is 2. The highest BCUT2D eigenvalue weighted by Crippen LogP contribution is 2.46. The summed E-state index contributed by atoms with van der Waals surface area (Å²) < 4.78 is 1.81. The molecule has 3 rings (SSSR count). The topological polar surface area (TPSA) is 84.2 Å². The van der Waals surface area contributed by atoms with E-state index in [1.165, 1.54) is 0 Å². The molecular formula is C16H17N3O3. The average Bonchev–Trinajstić information content (AvgIpc) is 3.19. The Bertz CT molecular complexity index is 690. The summed E-state index contributed by atoms with van der Waals surface area (Å²) >= 11 is 0. The molecule has 2 aromatic rings. The van der Waals surface area contributed by atoms with Crippen LogP contribution in [-0.2, 0) is 22.7 Å². The van der Waals surface area contributed by atoms with Crippen molar-refractivity contribution in [3.63, 3.8) is 0 Å². The van der Waals surface area contributed by atoms with Crippen LogP contribution in [0.5, 0.6) is 0 Å². The highest BCUT2D eigenvalue weighted by Gasteiger charge is 2.56. The van der Waals surface area contributed by atoms with E-state index < -0.39 is 17.3 Å². The zero-order valence-corrected chi connectivity index (χ0v) is 12.0. The molecule has 0 radical (unpaired) electrons. The Morgan fingerprint density at radius 1 is 1.23 bits per heavy atom. The highest BCUT2D eigenvalue weighted by molar-refractivity contribution is 6.04. The largest absolute Gasteiger partial charge is 0.480 e. The highest BCUT2D eigenvalue weighted by atomic mass is 16.4. The Balaban J connectivity index is 1.68. The van der Waals surface area contributed by atoms with Gasteiger partial charge in [0.15, 0.2) is 0 Å². The number of carboxylic acid groups (broad SMARTS) is 1. The number of carbonyl (C=O) groups is 2. The van der Waals surface area contributed by atoms with Crippen molar-refractivity contribution in [2.24, 2.45) is 5.41 Å². The molecule has 0 spiro atoms. The Kier molecular flexibility index (Phi) is 3.66. The molecule has 114 valence electrons. The molecule has 1 aromatic carbocycles. The molecule has 0 aliphatic heterocycles. The van der Waals surface area contributed by atoms with Gasteiger partial charge in [-0.15, -0.1) is 0 Å². The Morgan fingerprint density at radius 2 is 1.95 bits per heavy atom. The van der Waals surface area contributed by atoms with Crippen molar-refractivity contribution >= 4 is 11.9 Å². The molecule has 1 saturated carbocycles. The molecule has 22 heavy (non-hydrogen) atoms. The van der Waals surface area contributed by atoms with Crippen LogP contribution in [0.4, 0.5) is 0 Å². The second kappa shape index (κ2) is 5.63. The zero-order chi connectivity index (χ0) is 15.6. The fourth-order valence-corrected chi connectivity index (χ4v) is 2.46. The number of benzene rings is 1. The Morgan fingerprint density at radius 3 is 2.55 bits per heavy atom. The lowest BCUT2D eigenvalue weighted by Gasteiger charge is -2.13. The van der Waals surface area contributed by atoms with Crippen molar-refractivity contribution in [2.45, 2.75) is 25.9 Å². The molecule has 1 aromatic heterocycles. The third kappa shape index (κ3) is 2.72. The van der Waals surface area contributed by atoms with Gasteiger partial charge in [0.25, 0.3) is 0 Å². The SMILES string of the molecule is O=C(O)C1(C(=O)NCc2ccccc2Cn2cccn2)CC1. The molecule has 0 saturated heterocycles. The van der Waals surface area contributed by atoms with Crippen LogP contribution in [0.15, 0.2) is 42.7 Å². The Hall–Kier alpha value is -2.63. The normalized spacial score (nSPS) is 15.3. The molecular weight excluding hydrogens is 282 g/mol. The first-order valence-electron chi connectivity index (χ1n) is 7.18. The first-order valence-corrected chi connectivity index (χ1v) is 7.18. The summed E-state index contributed by atoms with van der Waals surface area (Å²) in [6, 6.07) is 9.60. The summed E-state index contributed by atoms with van der Waals surface area (Å²) in [4.78, 5) is 23.2. The summed E-state index contributed by atoms with van der Waals surface area (Å²) in [6.07, 6.45) is 4.43. The maximum Gasteiger partial charge on any atom is 0.319 e. The molecule has 1 amide bonds. The number of hydrogen-bond donors (Lipinski definition) is 2. The fourth-order valence-electron chi connectivity index (χ4n) is 2.46. The number of aliphatic carboxylic acids is 1. The standard InChI is InChI=1S/C16H17N3O3/c20-14(16(6-7-16)15(21)22)17-10-12-4-1-2-5-13(12)11-19-9-3-8-18-19/h1-5,8-9H,6-7,10-11H2,(H,17,20)(H,21,22). The molecule has 1 aliphatic carbocycles. The van der Waals surface area contributed by atoms with Gasteiger partial charge in [0.2, 0.25) is 5.91 Å². The van der Waals surface area contributed by atoms with E-state index in [9.17, 15) is 9.59 Å². The predicted octanol–water partition coefficient (Wildman–Crippen LogP) is 1.41. The summed E-state index contributed by atoms with van der Waals surface area (Å²) in [5.41, 5.74) is 0.816. The van der Waals surface area contributed by atoms with Gasteiger partial charge in [-0.05, 0) is 30.0 Å². The third-order valence-corrected chi connectivity index (χ3v) is 4.04. The van der Waals surface area contributed by atoms with E-state index in [2.05, 4.69) is 10.4 Å². The van der Waals surface area contributed by atoms with Crippen LogP contribution in [0.25, 0.3) is 0 Å². The summed E-state index contributed by atoms with van der Waals surface area (Å²) in [5, 5.41) is 16.1. The lowest BCUT2D eigenvalue weighted by molar-refractivity contribution is -0.149. The van der Waals surface area contributed by atoms with Crippen LogP contribution >= 0.6 is 0 Å².